The summed E-state index contributed by atoms with van der Waals surface area (Å²) < 4.78 is 36.6. The fourth-order valence-electron chi connectivity index (χ4n) is 1.55. The summed E-state index contributed by atoms with van der Waals surface area (Å²) in [6.07, 6.45) is 1.18. The predicted molar refractivity (Wildman–Crippen MR) is 68.2 cm³/mol. The van der Waals surface area contributed by atoms with Gasteiger partial charge in [0.25, 0.3) is 0 Å². The minimum Gasteiger partial charge on any atom is -0.337 e. The fourth-order valence-corrected chi connectivity index (χ4v) is 3.48. The number of halogens is 3. The Morgan fingerprint density at radius 3 is 2.75 bits per heavy atom. The molecule has 1 fully saturated rings. The van der Waals surface area contributed by atoms with Crippen LogP contribution < -0.4 is 5.32 Å². The Kier molecular flexibility index (Phi) is 3.97. The van der Waals surface area contributed by atoms with E-state index in [1.54, 1.807) is 6.92 Å². The van der Waals surface area contributed by atoms with Crippen LogP contribution in [0.1, 0.15) is 23.4 Å². The number of amides is 1. The second kappa shape index (κ2) is 5.26. The van der Waals surface area contributed by atoms with Gasteiger partial charge in [-0.15, -0.1) is 11.3 Å². The van der Waals surface area contributed by atoms with Crippen molar-refractivity contribution in [2.45, 2.75) is 41.6 Å². The van der Waals surface area contributed by atoms with Crippen LogP contribution in [0, 0.1) is 18.3 Å². The number of alkyl halides is 3. The SMILES string of the molecule is Cc1nc(SC(F)(F)F)sc1CC(=O)NC1(C#N)CC1. The molecule has 0 unspecified atom stereocenters. The Bertz CT molecular complexity index is 572. The number of thiazole rings is 1. The second-order valence-electron chi connectivity index (χ2n) is 4.46. The van der Waals surface area contributed by atoms with Gasteiger partial charge in [-0.05, 0) is 19.8 Å². The molecule has 1 saturated carbocycles. The molecule has 9 heteroatoms. The van der Waals surface area contributed by atoms with Gasteiger partial charge in [0.2, 0.25) is 5.91 Å². The zero-order chi connectivity index (χ0) is 15.0. The molecular weight excluding hydrogens is 311 g/mol. The molecule has 1 aliphatic carbocycles. The Morgan fingerprint density at radius 2 is 2.25 bits per heavy atom. The maximum absolute atomic E-state index is 12.2. The molecule has 108 valence electrons. The number of nitrogens with zero attached hydrogens (tertiary/aromatic N) is 2. The van der Waals surface area contributed by atoms with Gasteiger partial charge < -0.3 is 5.32 Å². The lowest BCUT2D eigenvalue weighted by atomic mass is 10.2. The average molecular weight is 321 g/mol. The average Bonchev–Trinajstić information content (AvgIpc) is 2.98. The van der Waals surface area contributed by atoms with Crippen molar-refractivity contribution in [2.75, 3.05) is 0 Å². The third-order valence-electron chi connectivity index (χ3n) is 2.74. The van der Waals surface area contributed by atoms with Crippen LogP contribution in [0.4, 0.5) is 13.2 Å². The van der Waals surface area contributed by atoms with E-state index in [1.165, 1.54) is 0 Å². The van der Waals surface area contributed by atoms with Crippen LogP contribution in [0.5, 0.6) is 0 Å². The fraction of sp³-hybridized carbons (Fsp3) is 0.545. The van der Waals surface area contributed by atoms with Gasteiger partial charge in [0.1, 0.15) is 5.54 Å². The minimum absolute atomic E-state index is 0.0503. The Labute approximate surface area is 121 Å². The molecule has 0 spiro atoms. The molecule has 1 heterocycles. The second-order valence-corrected chi connectivity index (χ2v) is 6.85. The first-order chi connectivity index (χ1) is 9.23. The Morgan fingerprint density at radius 1 is 1.60 bits per heavy atom. The highest BCUT2D eigenvalue weighted by Crippen LogP contribution is 2.40. The third-order valence-corrected chi connectivity index (χ3v) is 4.69. The lowest BCUT2D eigenvalue weighted by molar-refractivity contribution is -0.121. The molecule has 0 radical (unpaired) electrons. The topological polar surface area (TPSA) is 65.8 Å². The van der Waals surface area contributed by atoms with Gasteiger partial charge in [0.15, 0.2) is 4.34 Å². The van der Waals surface area contributed by atoms with Crippen LogP contribution in [0.15, 0.2) is 4.34 Å². The van der Waals surface area contributed by atoms with Gasteiger partial charge in [-0.1, -0.05) is 0 Å². The summed E-state index contributed by atoms with van der Waals surface area (Å²) in [5.41, 5.74) is -4.74. The first-order valence-corrected chi connectivity index (χ1v) is 7.31. The zero-order valence-electron chi connectivity index (χ0n) is 10.4. The van der Waals surface area contributed by atoms with Crippen molar-refractivity contribution in [3.05, 3.63) is 10.6 Å². The largest absolute Gasteiger partial charge is 0.448 e. The number of hydrogen-bond donors (Lipinski definition) is 1. The quantitative estimate of drug-likeness (QED) is 0.866. The van der Waals surface area contributed by atoms with Crippen molar-refractivity contribution in [2.24, 2.45) is 0 Å². The highest BCUT2D eigenvalue weighted by Gasteiger charge is 2.44. The number of hydrogen-bond acceptors (Lipinski definition) is 5. The van der Waals surface area contributed by atoms with Crippen molar-refractivity contribution in [1.82, 2.24) is 10.3 Å². The van der Waals surface area contributed by atoms with E-state index in [1.807, 2.05) is 6.07 Å². The summed E-state index contributed by atoms with van der Waals surface area (Å²) in [4.78, 5) is 16.0. The molecule has 0 bridgehead atoms. The van der Waals surface area contributed by atoms with Gasteiger partial charge in [0.05, 0.1) is 18.2 Å². The molecule has 1 amide bonds. The molecule has 1 aliphatic rings. The molecule has 0 aliphatic heterocycles. The number of aryl methyl sites for hydroxylation is 1. The summed E-state index contributed by atoms with van der Waals surface area (Å²) in [5, 5.41) is 11.5. The summed E-state index contributed by atoms with van der Waals surface area (Å²) in [6.45, 7) is 1.57. The van der Waals surface area contributed by atoms with Crippen LogP contribution in [0.2, 0.25) is 0 Å². The summed E-state index contributed by atoms with van der Waals surface area (Å²) in [5.74, 6) is -0.362. The van der Waals surface area contributed by atoms with Crippen molar-refractivity contribution < 1.29 is 18.0 Å². The third kappa shape index (κ3) is 3.86. The highest BCUT2D eigenvalue weighted by atomic mass is 32.2. The van der Waals surface area contributed by atoms with E-state index in [9.17, 15) is 18.0 Å². The normalized spacial score (nSPS) is 16.6. The summed E-state index contributed by atoms with van der Waals surface area (Å²) in [6, 6.07) is 2.02. The van der Waals surface area contributed by atoms with E-state index in [4.69, 9.17) is 5.26 Å². The molecular formula is C11H10F3N3OS2. The van der Waals surface area contributed by atoms with Crippen LogP contribution in [0.25, 0.3) is 0 Å². The maximum Gasteiger partial charge on any atom is 0.448 e. The lowest BCUT2D eigenvalue weighted by Crippen LogP contribution is -2.36. The Balaban J connectivity index is 1.99. The first-order valence-electron chi connectivity index (χ1n) is 5.67. The first kappa shape index (κ1) is 15.1. The maximum atomic E-state index is 12.2. The van der Waals surface area contributed by atoms with E-state index in [0.717, 1.165) is 11.3 Å². The van der Waals surface area contributed by atoms with E-state index in [-0.39, 0.29) is 28.4 Å². The van der Waals surface area contributed by atoms with Gasteiger partial charge in [-0.3, -0.25) is 4.79 Å². The van der Waals surface area contributed by atoms with Gasteiger partial charge in [-0.2, -0.15) is 18.4 Å². The van der Waals surface area contributed by atoms with Gasteiger partial charge >= 0.3 is 5.51 Å². The lowest BCUT2D eigenvalue weighted by Gasteiger charge is -2.08. The van der Waals surface area contributed by atoms with E-state index in [0.29, 0.717) is 23.4 Å². The van der Waals surface area contributed by atoms with Gasteiger partial charge in [0, 0.05) is 16.6 Å². The van der Waals surface area contributed by atoms with Gasteiger partial charge in [-0.25, -0.2) is 4.98 Å². The molecule has 0 aromatic carbocycles. The number of carbonyl (C=O) groups excluding carboxylic acids is 1. The number of carbonyl (C=O) groups is 1. The van der Waals surface area contributed by atoms with Crippen LogP contribution >= 0.6 is 23.1 Å². The van der Waals surface area contributed by atoms with Crippen molar-refractivity contribution in [1.29, 1.82) is 5.26 Å². The molecule has 1 aromatic heterocycles. The number of nitrogens with one attached hydrogen (secondary N) is 1. The number of aromatic nitrogens is 1. The van der Waals surface area contributed by atoms with Crippen molar-refractivity contribution in [3.8, 4) is 6.07 Å². The molecule has 0 atom stereocenters. The predicted octanol–water partition coefficient (Wildman–Crippen LogP) is 2.78. The van der Waals surface area contributed by atoms with E-state index < -0.39 is 11.0 Å². The molecule has 20 heavy (non-hydrogen) atoms. The van der Waals surface area contributed by atoms with Crippen LogP contribution in [-0.4, -0.2) is 21.9 Å². The molecule has 1 N–H and O–H groups in total. The van der Waals surface area contributed by atoms with Crippen molar-refractivity contribution >= 4 is 29.0 Å². The number of rotatable bonds is 4. The minimum atomic E-state index is -4.39. The molecule has 4 nitrogen and oxygen atoms in total. The Hall–Kier alpha value is -1.27. The molecule has 0 saturated heterocycles. The molecule has 2 rings (SSSR count). The molecule has 1 aromatic rings. The van der Waals surface area contributed by atoms with Crippen LogP contribution in [0.3, 0.4) is 0 Å². The zero-order valence-corrected chi connectivity index (χ0v) is 12.0. The van der Waals surface area contributed by atoms with Crippen LogP contribution in [-0.2, 0) is 11.2 Å². The van der Waals surface area contributed by atoms with E-state index >= 15 is 0 Å². The monoisotopic (exact) mass is 321 g/mol. The standard InChI is InChI=1S/C11H10F3N3OS2/c1-6-7(19-9(16-6)20-11(12,13)14)4-8(18)17-10(5-15)2-3-10/h2-4H2,1H3,(H,17,18). The highest BCUT2D eigenvalue weighted by molar-refractivity contribution is 8.01. The summed E-state index contributed by atoms with van der Waals surface area (Å²) in [7, 11) is 0. The number of thioether (sulfide) groups is 1. The number of nitriles is 1. The summed E-state index contributed by atoms with van der Waals surface area (Å²) >= 11 is 0.573. The smallest absolute Gasteiger partial charge is 0.337 e. The van der Waals surface area contributed by atoms with Crippen molar-refractivity contribution in [3.63, 3.8) is 0 Å². The van der Waals surface area contributed by atoms with E-state index in [2.05, 4.69) is 10.3 Å².